The van der Waals surface area contributed by atoms with Crippen molar-refractivity contribution in [1.82, 2.24) is 5.32 Å². The van der Waals surface area contributed by atoms with Gasteiger partial charge in [0.25, 0.3) is 0 Å². The van der Waals surface area contributed by atoms with Gasteiger partial charge in [-0.15, -0.1) is 0 Å². The second-order valence-corrected chi connectivity index (χ2v) is 7.87. The fourth-order valence-electron chi connectivity index (χ4n) is 3.95. The zero-order valence-electron chi connectivity index (χ0n) is 16.0. The fourth-order valence-corrected chi connectivity index (χ4v) is 3.95. The number of benzene rings is 1. The van der Waals surface area contributed by atoms with Crippen LogP contribution in [-0.2, 0) is 9.59 Å². The van der Waals surface area contributed by atoms with Gasteiger partial charge in [0.2, 0.25) is 5.91 Å². The van der Waals surface area contributed by atoms with Crippen LogP contribution in [0.4, 0.5) is 0 Å². The molecule has 1 aliphatic heterocycles. The minimum absolute atomic E-state index is 0.0523. The molecule has 26 heavy (non-hydrogen) atoms. The predicted octanol–water partition coefficient (Wildman–Crippen LogP) is 3.73. The Bertz CT molecular complexity index is 763. The van der Waals surface area contributed by atoms with Gasteiger partial charge in [-0.05, 0) is 24.3 Å². The van der Waals surface area contributed by atoms with Crippen LogP contribution in [0.25, 0.3) is 0 Å². The molecule has 1 heterocycles. The maximum Gasteiger partial charge on any atom is 0.225 e. The Kier molecular flexibility index (Phi) is 5.08. The molecule has 0 bridgehead atoms. The zero-order valence-corrected chi connectivity index (χ0v) is 16.0. The number of hydrogen-bond acceptors (Lipinski definition) is 4. The third kappa shape index (κ3) is 3.48. The smallest absolute Gasteiger partial charge is 0.225 e. The minimum Gasteiger partial charge on any atom is -0.493 e. The van der Waals surface area contributed by atoms with Crippen molar-refractivity contribution in [2.75, 3.05) is 13.7 Å². The van der Waals surface area contributed by atoms with Gasteiger partial charge in [0.15, 0.2) is 17.3 Å². The second-order valence-electron chi connectivity index (χ2n) is 7.87. The number of hydrogen-bond donors (Lipinski definition) is 1. The summed E-state index contributed by atoms with van der Waals surface area (Å²) in [5.74, 6) is 1.05. The highest BCUT2D eigenvalue weighted by Crippen LogP contribution is 2.47. The average molecular weight is 357 g/mol. The van der Waals surface area contributed by atoms with E-state index >= 15 is 0 Å². The van der Waals surface area contributed by atoms with Crippen molar-refractivity contribution < 1.29 is 19.1 Å². The number of carbonyl (C=O) groups is 2. The molecule has 1 unspecified atom stereocenters. The van der Waals surface area contributed by atoms with E-state index in [1.807, 2.05) is 25.1 Å². The van der Waals surface area contributed by atoms with Crippen LogP contribution in [0.1, 0.15) is 57.9 Å². The summed E-state index contributed by atoms with van der Waals surface area (Å²) in [5.41, 5.74) is 2.23. The van der Waals surface area contributed by atoms with Crippen molar-refractivity contribution in [2.45, 2.75) is 52.4 Å². The molecular weight excluding hydrogens is 330 g/mol. The van der Waals surface area contributed by atoms with E-state index < -0.39 is 0 Å². The topological polar surface area (TPSA) is 64.6 Å². The Hall–Kier alpha value is -2.30. The predicted molar refractivity (Wildman–Crippen MR) is 99.3 cm³/mol. The molecule has 0 radical (unpaired) electrons. The number of methoxy groups -OCH3 is 1. The molecule has 0 aromatic heterocycles. The lowest BCUT2D eigenvalue weighted by molar-refractivity contribution is -0.122. The molecule has 0 spiro atoms. The number of amides is 1. The lowest BCUT2D eigenvalue weighted by Gasteiger charge is -2.38. The van der Waals surface area contributed by atoms with Crippen LogP contribution in [0.3, 0.4) is 0 Å². The van der Waals surface area contributed by atoms with Gasteiger partial charge in [0, 0.05) is 35.6 Å². The van der Waals surface area contributed by atoms with Crippen LogP contribution in [0.5, 0.6) is 11.5 Å². The number of para-hydroxylation sites is 1. The van der Waals surface area contributed by atoms with Crippen molar-refractivity contribution in [1.29, 1.82) is 0 Å². The molecule has 0 fully saturated rings. The fraction of sp³-hybridized carbons (Fsp3) is 0.524. The quantitative estimate of drug-likeness (QED) is 0.872. The van der Waals surface area contributed by atoms with Gasteiger partial charge in [-0.25, -0.2) is 0 Å². The van der Waals surface area contributed by atoms with Crippen molar-refractivity contribution in [3.05, 3.63) is 35.0 Å². The van der Waals surface area contributed by atoms with Crippen LogP contribution >= 0.6 is 0 Å². The maximum absolute atomic E-state index is 12.9. The summed E-state index contributed by atoms with van der Waals surface area (Å²) < 4.78 is 11.4. The van der Waals surface area contributed by atoms with Crippen LogP contribution in [-0.4, -0.2) is 25.4 Å². The number of Topliss-reactive ketones (excluding diaryl/α,β-unsaturated/α-hetero) is 1. The number of ketones is 1. The first-order chi connectivity index (χ1) is 12.4. The van der Waals surface area contributed by atoms with Crippen LogP contribution in [0.15, 0.2) is 29.5 Å². The Morgan fingerprint density at radius 1 is 1.23 bits per heavy atom. The zero-order chi connectivity index (χ0) is 18.9. The molecule has 0 saturated heterocycles. The van der Waals surface area contributed by atoms with Gasteiger partial charge in [0.05, 0.1) is 13.7 Å². The molecule has 140 valence electrons. The second kappa shape index (κ2) is 7.14. The van der Waals surface area contributed by atoms with Crippen molar-refractivity contribution in [3.8, 4) is 11.5 Å². The molecule has 0 saturated carbocycles. The third-order valence-corrected chi connectivity index (χ3v) is 5.00. The highest BCUT2D eigenvalue weighted by molar-refractivity contribution is 6.02. The van der Waals surface area contributed by atoms with Crippen LogP contribution in [0.2, 0.25) is 0 Å². The van der Waals surface area contributed by atoms with Crippen molar-refractivity contribution in [2.24, 2.45) is 5.41 Å². The number of allylic oxidation sites excluding steroid dienone is 2. The van der Waals surface area contributed by atoms with Crippen molar-refractivity contribution in [3.63, 3.8) is 0 Å². The summed E-state index contributed by atoms with van der Waals surface area (Å²) in [5, 5.41) is 2.94. The highest BCUT2D eigenvalue weighted by Gasteiger charge is 2.41. The van der Waals surface area contributed by atoms with E-state index in [4.69, 9.17) is 9.47 Å². The van der Waals surface area contributed by atoms with Gasteiger partial charge in [0.1, 0.15) is 0 Å². The van der Waals surface area contributed by atoms with Gasteiger partial charge in [-0.1, -0.05) is 32.9 Å². The minimum atomic E-state index is -0.288. The molecule has 2 aliphatic rings. The summed E-state index contributed by atoms with van der Waals surface area (Å²) >= 11 is 0. The van der Waals surface area contributed by atoms with E-state index in [1.165, 1.54) is 0 Å². The van der Waals surface area contributed by atoms with E-state index in [-0.39, 0.29) is 29.4 Å². The van der Waals surface area contributed by atoms with Gasteiger partial charge < -0.3 is 14.8 Å². The summed E-state index contributed by atoms with van der Waals surface area (Å²) in [7, 11) is 1.60. The molecule has 1 N–H and O–H groups in total. The van der Waals surface area contributed by atoms with E-state index in [2.05, 4.69) is 19.2 Å². The molecular formula is C21H27NO4. The summed E-state index contributed by atoms with van der Waals surface area (Å²) in [4.78, 5) is 25.3. The van der Waals surface area contributed by atoms with Crippen LogP contribution in [0, 0.1) is 5.41 Å². The van der Waals surface area contributed by atoms with E-state index in [1.54, 1.807) is 7.11 Å². The Labute approximate surface area is 154 Å². The molecule has 1 aromatic carbocycles. The van der Waals surface area contributed by atoms with Gasteiger partial charge in [-0.2, -0.15) is 0 Å². The lowest BCUT2D eigenvalue weighted by Crippen LogP contribution is -2.40. The van der Waals surface area contributed by atoms with Gasteiger partial charge in [-0.3, -0.25) is 9.59 Å². The van der Waals surface area contributed by atoms with E-state index in [0.717, 1.165) is 23.3 Å². The highest BCUT2D eigenvalue weighted by atomic mass is 16.5. The third-order valence-electron chi connectivity index (χ3n) is 5.00. The SMILES string of the molecule is CCCOc1c(OC)cccc1C1CC(=O)NC2=C1C(=O)CC(C)(C)C2. The van der Waals surface area contributed by atoms with Gasteiger partial charge >= 0.3 is 0 Å². The summed E-state index contributed by atoms with van der Waals surface area (Å²) in [6.45, 7) is 6.72. The first kappa shape index (κ1) is 18.5. The molecule has 1 atom stereocenters. The van der Waals surface area contributed by atoms with Crippen molar-refractivity contribution >= 4 is 11.7 Å². The van der Waals surface area contributed by atoms with E-state index in [9.17, 15) is 9.59 Å². The van der Waals surface area contributed by atoms with Crippen LogP contribution < -0.4 is 14.8 Å². The summed E-state index contributed by atoms with van der Waals surface area (Å²) in [6.07, 6.45) is 2.31. The molecule has 1 aliphatic carbocycles. The lowest BCUT2D eigenvalue weighted by atomic mass is 9.70. The number of ether oxygens (including phenoxy) is 2. The molecule has 5 nitrogen and oxygen atoms in total. The molecule has 3 rings (SSSR count). The molecule has 1 amide bonds. The Morgan fingerprint density at radius 2 is 2.00 bits per heavy atom. The average Bonchev–Trinajstić information content (AvgIpc) is 2.57. The normalized spacial score (nSPS) is 21.9. The number of carbonyl (C=O) groups excluding carboxylic acids is 2. The summed E-state index contributed by atoms with van der Waals surface area (Å²) in [6, 6.07) is 5.67. The standard InChI is InChI=1S/C21H27NO4/c1-5-9-26-20-13(7-6-8-17(20)25-4)14-10-18(24)22-15-11-21(2,3)12-16(23)19(14)15/h6-8,14H,5,9-12H2,1-4H3,(H,22,24). The Balaban J connectivity index is 2.11. The van der Waals surface area contributed by atoms with E-state index in [0.29, 0.717) is 30.9 Å². The maximum atomic E-state index is 12.9. The Morgan fingerprint density at radius 3 is 2.69 bits per heavy atom. The largest absolute Gasteiger partial charge is 0.493 e. The molecule has 5 heteroatoms. The first-order valence-electron chi connectivity index (χ1n) is 9.22. The number of rotatable bonds is 5. The monoisotopic (exact) mass is 357 g/mol. The first-order valence-corrected chi connectivity index (χ1v) is 9.22. The number of nitrogens with one attached hydrogen (secondary N) is 1. The molecule has 1 aromatic rings.